The molecule has 8 nitrogen and oxygen atoms in total. The topological polar surface area (TPSA) is 85.7 Å². The predicted octanol–water partition coefficient (Wildman–Crippen LogP) is 3.48. The summed E-state index contributed by atoms with van der Waals surface area (Å²) in [6.45, 7) is 13.0. The molecule has 1 aromatic rings. The largest absolute Gasteiger partial charge is 0.444 e. The number of nitrogens with zero attached hydrogens (tertiary/aromatic N) is 3. The number of rotatable bonds is 1. The molecule has 1 fully saturated rings. The highest BCUT2D eigenvalue weighted by Gasteiger charge is 2.50. The second kappa shape index (κ2) is 6.97. The fourth-order valence-electron chi connectivity index (χ4n) is 3.98. The lowest BCUT2D eigenvalue weighted by Crippen LogP contribution is -2.50. The molecule has 3 heterocycles. The molecule has 1 aromatic heterocycles. The number of ether oxygens (including phenoxy) is 2. The summed E-state index contributed by atoms with van der Waals surface area (Å²) >= 11 is 0. The number of likely N-dealkylation sites (tertiary alicyclic amines) is 1. The molecule has 28 heavy (non-hydrogen) atoms. The summed E-state index contributed by atoms with van der Waals surface area (Å²) in [5.74, 6) is 0. The first-order chi connectivity index (χ1) is 12.9. The van der Waals surface area contributed by atoms with Crippen molar-refractivity contribution in [3.8, 4) is 0 Å². The zero-order valence-corrected chi connectivity index (χ0v) is 17.7. The Kier molecular flexibility index (Phi) is 5.10. The van der Waals surface area contributed by atoms with Crippen LogP contribution in [0.25, 0.3) is 0 Å². The fraction of sp³-hybridized carbons (Fsp3) is 0.750. The minimum atomic E-state index is -0.559. The second-order valence-corrected chi connectivity index (χ2v) is 9.82. The predicted molar refractivity (Wildman–Crippen MR) is 104 cm³/mol. The molecule has 0 aliphatic carbocycles. The molecule has 2 amide bonds. The lowest BCUT2D eigenvalue weighted by Gasteiger charge is -2.42. The number of fused-ring (bicyclic) bond motifs is 1. The highest BCUT2D eigenvalue weighted by Crippen LogP contribution is 2.49. The van der Waals surface area contributed by atoms with Crippen molar-refractivity contribution in [3.05, 3.63) is 18.0 Å². The maximum absolute atomic E-state index is 12.5. The van der Waals surface area contributed by atoms with E-state index in [0.717, 1.165) is 25.1 Å². The van der Waals surface area contributed by atoms with Crippen LogP contribution in [0.4, 0.5) is 9.59 Å². The molecule has 0 aromatic carbocycles. The Morgan fingerprint density at radius 1 is 1.11 bits per heavy atom. The van der Waals surface area contributed by atoms with E-state index in [4.69, 9.17) is 9.47 Å². The molecule has 3 rings (SSSR count). The Balaban J connectivity index is 1.71. The van der Waals surface area contributed by atoms with Gasteiger partial charge in [-0.15, -0.1) is 0 Å². The van der Waals surface area contributed by atoms with E-state index in [1.807, 2.05) is 52.3 Å². The first kappa shape index (κ1) is 20.5. The molecule has 0 unspecified atom stereocenters. The number of piperidine rings is 1. The van der Waals surface area contributed by atoms with Gasteiger partial charge in [0.2, 0.25) is 0 Å². The lowest BCUT2D eigenvalue weighted by atomic mass is 9.73. The first-order valence-corrected chi connectivity index (χ1v) is 9.88. The molecule has 1 saturated heterocycles. The van der Waals surface area contributed by atoms with Gasteiger partial charge in [0.1, 0.15) is 11.2 Å². The van der Waals surface area contributed by atoms with Gasteiger partial charge in [0, 0.05) is 31.2 Å². The van der Waals surface area contributed by atoms with Crippen LogP contribution < -0.4 is 5.32 Å². The third-order valence-electron chi connectivity index (χ3n) is 5.19. The number of carbonyl (C=O) groups excluding carboxylic acids is 2. The van der Waals surface area contributed by atoms with Crippen molar-refractivity contribution < 1.29 is 19.1 Å². The van der Waals surface area contributed by atoms with E-state index in [0.29, 0.717) is 13.1 Å². The van der Waals surface area contributed by atoms with Crippen LogP contribution in [-0.2, 0) is 16.0 Å². The number of alkyl carbamates (subject to hydrolysis) is 1. The number of carbonyl (C=O) groups is 2. The molecule has 2 aliphatic rings. The Morgan fingerprint density at radius 3 is 2.29 bits per heavy atom. The van der Waals surface area contributed by atoms with Crippen LogP contribution in [0.5, 0.6) is 0 Å². The van der Waals surface area contributed by atoms with Crippen molar-refractivity contribution in [1.82, 2.24) is 20.0 Å². The maximum atomic E-state index is 12.5. The highest BCUT2D eigenvalue weighted by atomic mass is 16.6. The van der Waals surface area contributed by atoms with Crippen LogP contribution in [-0.4, -0.2) is 51.2 Å². The van der Waals surface area contributed by atoms with E-state index in [1.54, 1.807) is 11.1 Å². The summed E-state index contributed by atoms with van der Waals surface area (Å²) in [7, 11) is 0. The van der Waals surface area contributed by atoms with Crippen molar-refractivity contribution in [2.45, 2.75) is 78.2 Å². The van der Waals surface area contributed by atoms with Crippen molar-refractivity contribution in [1.29, 1.82) is 0 Å². The zero-order chi connectivity index (χ0) is 20.7. The van der Waals surface area contributed by atoms with Crippen LogP contribution in [0.15, 0.2) is 12.3 Å². The molecular weight excluding hydrogens is 360 g/mol. The van der Waals surface area contributed by atoms with Gasteiger partial charge in [-0.25, -0.2) is 9.59 Å². The number of amides is 2. The summed E-state index contributed by atoms with van der Waals surface area (Å²) in [5, 5.41) is 7.46. The molecular formula is C20H32N4O4. The summed E-state index contributed by atoms with van der Waals surface area (Å²) < 4.78 is 12.9. The maximum Gasteiger partial charge on any atom is 0.410 e. The quantitative estimate of drug-likeness (QED) is 0.791. The molecule has 0 saturated carbocycles. The minimum absolute atomic E-state index is 0.182. The zero-order valence-electron chi connectivity index (χ0n) is 17.7. The molecule has 2 aliphatic heterocycles. The van der Waals surface area contributed by atoms with Gasteiger partial charge in [0.05, 0.1) is 11.7 Å². The average molecular weight is 393 g/mol. The van der Waals surface area contributed by atoms with Gasteiger partial charge in [0.25, 0.3) is 0 Å². The van der Waals surface area contributed by atoms with Crippen LogP contribution in [0.1, 0.15) is 66.1 Å². The van der Waals surface area contributed by atoms with Gasteiger partial charge in [-0.05, 0) is 60.5 Å². The van der Waals surface area contributed by atoms with Crippen molar-refractivity contribution in [3.63, 3.8) is 0 Å². The van der Waals surface area contributed by atoms with Crippen LogP contribution in [0, 0.1) is 5.41 Å². The van der Waals surface area contributed by atoms with Gasteiger partial charge in [0.15, 0.2) is 0 Å². The van der Waals surface area contributed by atoms with E-state index < -0.39 is 17.3 Å². The van der Waals surface area contributed by atoms with Crippen LogP contribution >= 0.6 is 0 Å². The molecule has 156 valence electrons. The number of aromatic nitrogens is 2. The summed E-state index contributed by atoms with van der Waals surface area (Å²) in [4.78, 5) is 26.6. The molecule has 8 heteroatoms. The Hall–Kier alpha value is -2.25. The molecule has 0 bridgehead atoms. The second-order valence-electron chi connectivity index (χ2n) is 9.82. The van der Waals surface area contributed by atoms with Gasteiger partial charge in [-0.1, -0.05) is 0 Å². The van der Waals surface area contributed by atoms with E-state index >= 15 is 0 Å². The molecule has 0 radical (unpaired) electrons. The molecule has 1 atom stereocenters. The smallest absolute Gasteiger partial charge is 0.410 e. The lowest BCUT2D eigenvalue weighted by molar-refractivity contribution is 0.00171. The molecule has 1 N–H and O–H groups in total. The minimum Gasteiger partial charge on any atom is -0.444 e. The normalized spacial score (nSPS) is 21.4. The van der Waals surface area contributed by atoms with E-state index in [1.165, 1.54) is 0 Å². The third-order valence-corrected chi connectivity index (χ3v) is 5.19. The van der Waals surface area contributed by atoms with Crippen molar-refractivity contribution in [2.75, 3.05) is 13.1 Å². The number of hydrogen-bond donors (Lipinski definition) is 1. The van der Waals surface area contributed by atoms with Gasteiger partial charge in [-0.3, -0.25) is 4.68 Å². The first-order valence-electron chi connectivity index (χ1n) is 9.88. The number of hydrogen-bond acceptors (Lipinski definition) is 5. The van der Waals surface area contributed by atoms with Crippen LogP contribution in [0.3, 0.4) is 0 Å². The average Bonchev–Trinajstić information content (AvgIpc) is 3.06. The van der Waals surface area contributed by atoms with Gasteiger partial charge < -0.3 is 19.7 Å². The molecule has 1 spiro atoms. The van der Waals surface area contributed by atoms with Crippen molar-refractivity contribution >= 4 is 12.2 Å². The number of nitrogens with one attached hydrogen (secondary N) is 1. The monoisotopic (exact) mass is 392 g/mol. The standard InChI is InChI=1S/C20H32N4O4/c1-18(2,3)27-16(25)22-15-14-7-10-21-24(14)13-20(15)8-11-23(12-9-20)17(26)28-19(4,5)6/h7,10,15H,8-9,11-13H2,1-6H3,(H,22,25)/t15-/m1/s1. The summed E-state index contributed by atoms with van der Waals surface area (Å²) in [5.41, 5.74) is -0.269. The highest BCUT2D eigenvalue weighted by molar-refractivity contribution is 5.69. The van der Waals surface area contributed by atoms with E-state index in [9.17, 15) is 9.59 Å². The van der Waals surface area contributed by atoms with Gasteiger partial charge in [-0.2, -0.15) is 5.10 Å². The summed E-state index contributed by atoms with van der Waals surface area (Å²) in [6.07, 6.45) is 2.56. The SMILES string of the molecule is CC(C)(C)OC(=O)N[C@@H]1c2ccnn2CC12CCN(C(=O)OC(C)(C)C)CC2. The Bertz CT molecular complexity index is 736. The van der Waals surface area contributed by atoms with Crippen molar-refractivity contribution in [2.24, 2.45) is 5.41 Å². The Morgan fingerprint density at radius 2 is 1.71 bits per heavy atom. The van der Waals surface area contributed by atoms with E-state index in [-0.39, 0.29) is 17.6 Å². The fourth-order valence-corrected chi connectivity index (χ4v) is 3.98. The van der Waals surface area contributed by atoms with Gasteiger partial charge >= 0.3 is 12.2 Å². The van der Waals surface area contributed by atoms with Crippen LogP contribution in [0.2, 0.25) is 0 Å². The summed E-state index contributed by atoms with van der Waals surface area (Å²) in [6, 6.07) is 1.75. The third kappa shape index (κ3) is 4.42. The van der Waals surface area contributed by atoms with E-state index in [2.05, 4.69) is 10.4 Å². The Labute approximate surface area is 166 Å².